The molecule has 0 saturated heterocycles. The van der Waals surface area contributed by atoms with Crippen molar-refractivity contribution in [1.82, 2.24) is 0 Å². The minimum absolute atomic E-state index is 0.0263. The lowest BCUT2D eigenvalue weighted by molar-refractivity contribution is -0.136. The van der Waals surface area contributed by atoms with Crippen LogP contribution in [0, 0.1) is 5.92 Å². The summed E-state index contributed by atoms with van der Waals surface area (Å²) in [5, 5.41) is 0. The molecule has 0 aromatic heterocycles. The Morgan fingerprint density at radius 2 is 2.33 bits per heavy atom. The maximum atomic E-state index is 11.3. The topological polar surface area (TPSA) is 35.5 Å². The Morgan fingerprint density at radius 3 is 3.06 bits per heavy atom. The van der Waals surface area contributed by atoms with E-state index < -0.39 is 0 Å². The lowest BCUT2D eigenvalue weighted by Crippen LogP contribution is -2.29. The number of fused-ring (bicyclic) bond motifs is 1. The largest absolute Gasteiger partial charge is 0.427 e. The van der Waals surface area contributed by atoms with Gasteiger partial charge in [0.05, 0.1) is 6.10 Å². The lowest BCUT2D eigenvalue weighted by Gasteiger charge is -2.26. The number of ether oxygens (including phenoxy) is 2. The molecule has 3 rings (SSSR count). The van der Waals surface area contributed by atoms with Crippen LogP contribution in [0.2, 0.25) is 0 Å². The first-order chi connectivity index (χ1) is 8.52. The van der Waals surface area contributed by atoms with Gasteiger partial charge in [-0.3, -0.25) is 4.79 Å². The van der Waals surface area contributed by atoms with Gasteiger partial charge in [0, 0.05) is 12.5 Å². The van der Waals surface area contributed by atoms with Gasteiger partial charge in [0.15, 0.2) is 0 Å². The van der Waals surface area contributed by atoms with E-state index in [0.29, 0.717) is 11.7 Å². The molecule has 2 aliphatic heterocycles. The molecule has 0 N–H and O–H groups in total. The smallest absolute Gasteiger partial charge is 0.308 e. The van der Waals surface area contributed by atoms with Crippen molar-refractivity contribution >= 4 is 5.97 Å². The van der Waals surface area contributed by atoms with Crippen molar-refractivity contribution < 1.29 is 14.3 Å². The number of rotatable bonds is 1. The van der Waals surface area contributed by atoms with Crippen molar-refractivity contribution in [2.45, 2.75) is 45.3 Å². The highest BCUT2D eigenvalue weighted by Gasteiger charge is 2.49. The van der Waals surface area contributed by atoms with Crippen LogP contribution >= 0.6 is 0 Å². The molecule has 3 atom stereocenters. The van der Waals surface area contributed by atoms with Crippen molar-refractivity contribution in [3.05, 3.63) is 35.1 Å². The predicted molar refractivity (Wildman–Crippen MR) is 67.7 cm³/mol. The number of carbonyl (C=O) groups excluding carboxylic acids is 1. The molecule has 1 fully saturated rings. The average molecular weight is 246 g/mol. The molecular formula is C15H18O3. The highest BCUT2D eigenvalue weighted by molar-refractivity contribution is 5.68. The summed E-state index contributed by atoms with van der Waals surface area (Å²) in [7, 11) is 0. The fourth-order valence-corrected chi connectivity index (χ4v) is 3.27. The molecule has 3 nitrogen and oxygen atoms in total. The predicted octanol–water partition coefficient (Wildman–Crippen LogP) is 2.89. The second-order valence-electron chi connectivity index (χ2n) is 5.49. The third-order valence-electron chi connectivity index (χ3n) is 4.10. The Bertz CT molecular complexity index is 498. The molecule has 1 aliphatic carbocycles. The summed E-state index contributed by atoms with van der Waals surface area (Å²) in [5.74, 6) is 0.833. The summed E-state index contributed by atoms with van der Waals surface area (Å²) in [5.41, 5.74) is 1.89. The van der Waals surface area contributed by atoms with E-state index >= 15 is 0 Å². The van der Waals surface area contributed by atoms with Gasteiger partial charge < -0.3 is 9.47 Å². The fourth-order valence-electron chi connectivity index (χ4n) is 3.27. The van der Waals surface area contributed by atoms with Crippen LogP contribution in [0.3, 0.4) is 0 Å². The zero-order chi connectivity index (χ0) is 12.9. The Balaban J connectivity index is 2.15. The fraction of sp³-hybridized carbons (Fsp3) is 0.533. The van der Waals surface area contributed by atoms with E-state index in [0.717, 1.165) is 24.0 Å². The summed E-state index contributed by atoms with van der Waals surface area (Å²) in [4.78, 5) is 11.3. The van der Waals surface area contributed by atoms with Crippen molar-refractivity contribution in [3.8, 4) is 0 Å². The van der Waals surface area contributed by atoms with Crippen LogP contribution in [0.1, 0.15) is 33.6 Å². The van der Waals surface area contributed by atoms with Crippen LogP contribution < -0.4 is 0 Å². The zero-order valence-electron chi connectivity index (χ0n) is 11.0. The Kier molecular flexibility index (Phi) is 2.49. The molecule has 18 heavy (non-hydrogen) atoms. The first-order valence-electron chi connectivity index (χ1n) is 6.50. The molecule has 0 amide bonds. The van der Waals surface area contributed by atoms with Gasteiger partial charge in [0.2, 0.25) is 0 Å². The zero-order valence-corrected chi connectivity index (χ0v) is 11.0. The van der Waals surface area contributed by atoms with E-state index in [2.05, 4.69) is 19.1 Å². The summed E-state index contributed by atoms with van der Waals surface area (Å²) in [6, 6.07) is 0. The van der Waals surface area contributed by atoms with Crippen LogP contribution in [0.5, 0.6) is 0 Å². The third-order valence-corrected chi connectivity index (χ3v) is 4.10. The molecule has 1 spiro atoms. The maximum absolute atomic E-state index is 11.3. The summed E-state index contributed by atoms with van der Waals surface area (Å²) in [6.45, 7) is 5.64. The SMILES string of the molecule is CC(=O)OC1=C2C(C)CCC23C=CC(O3)C(C)=C1. The molecule has 3 aliphatic rings. The number of allylic oxidation sites excluding steroid dienone is 1. The third kappa shape index (κ3) is 1.57. The molecule has 3 heteroatoms. The van der Waals surface area contributed by atoms with Crippen molar-refractivity contribution in [2.24, 2.45) is 5.92 Å². The monoisotopic (exact) mass is 246 g/mol. The molecule has 96 valence electrons. The molecule has 2 heterocycles. The van der Waals surface area contributed by atoms with Gasteiger partial charge in [-0.2, -0.15) is 0 Å². The van der Waals surface area contributed by atoms with Gasteiger partial charge in [-0.1, -0.05) is 13.0 Å². The van der Waals surface area contributed by atoms with Gasteiger partial charge in [0.25, 0.3) is 0 Å². The van der Waals surface area contributed by atoms with Crippen LogP contribution in [0.15, 0.2) is 35.1 Å². The van der Waals surface area contributed by atoms with Crippen molar-refractivity contribution in [2.75, 3.05) is 0 Å². The lowest BCUT2D eigenvalue weighted by atomic mass is 9.91. The molecule has 2 bridgehead atoms. The van der Waals surface area contributed by atoms with E-state index in [4.69, 9.17) is 9.47 Å². The van der Waals surface area contributed by atoms with Crippen molar-refractivity contribution in [3.63, 3.8) is 0 Å². The van der Waals surface area contributed by atoms with Gasteiger partial charge in [-0.25, -0.2) is 0 Å². The Labute approximate surface area is 107 Å². The average Bonchev–Trinajstić information content (AvgIpc) is 2.80. The van der Waals surface area contributed by atoms with E-state index in [1.54, 1.807) is 0 Å². The second kappa shape index (κ2) is 3.82. The molecule has 0 radical (unpaired) electrons. The Morgan fingerprint density at radius 1 is 1.56 bits per heavy atom. The maximum Gasteiger partial charge on any atom is 0.308 e. The quantitative estimate of drug-likeness (QED) is 0.527. The van der Waals surface area contributed by atoms with E-state index in [9.17, 15) is 4.79 Å². The number of carbonyl (C=O) groups is 1. The van der Waals surface area contributed by atoms with Crippen LogP contribution in [-0.4, -0.2) is 17.7 Å². The van der Waals surface area contributed by atoms with E-state index in [-0.39, 0.29) is 17.7 Å². The molecule has 1 saturated carbocycles. The molecule has 3 unspecified atom stereocenters. The normalized spacial score (nSPS) is 37.4. The molecule has 0 aromatic rings. The first kappa shape index (κ1) is 11.7. The van der Waals surface area contributed by atoms with E-state index in [1.807, 2.05) is 13.0 Å². The highest BCUT2D eigenvalue weighted by Crippen LogP contribution is 2.50. The second-order valence-corrected chi connectivity index (χ2v) is 5.49. The first-order valence-corrected chi connectivity index (χ1v) is 6.50. The minimum Gasteiger partial charge on any atom is -0.427 e. The van der Waals surface area contributed by atoms with Gasteiger partial charge >= 0.3 is 5.97 Å². The molecule has 0 aromatic carbocycles. The standard InChI is InChI=1S/C15H18O3/c1-9-4-6-15-7-5-12(18-15)10(2)8-13(14(9)15)17-11(3)16/h5,7-9,12H,4,6H2,1-3H3. The van der Waals surface area contributed by atoms with Crippen LogP contribution in [-0.2, 0) is 14.3 Å². The highest BCUT2D eigenvalue weighted by atomic mass is 16.5. The summed E-state index contributed by atoms with van der Waals surface area (Å²) in [6.07, 6.45) is 8.31. The van der Waals surface area contributed by atoms with E-state index in [1.165, 1.54) is 6.92 Å². The van der Waals surface area contributed by atoms with Gasteiger partial charge in [0.1, 0.15) is 11.4 Å². The number of esters is 1. The van der Waals surface area contributed by atoms with Gasteiger partial charge in [-0.05, 0) is 43.4 Å². The summed E-state index contributed by atoms with van der Waals surface area (Å²) >= 11 is 0. The molecular weight excluding hydrogens is 228 g/mol. The Hall–Kier alpha value is -1.35. The van der Waals surface area contributed by atoms with Crippen LogP contribution in [0.4, 0.5) is 0 Å². The number of hydrogen-bond donors (Lipinski definition) is 0. The van der Waals surface area contributed by atoms with Crippen LogP contribution in [0.25, 0.3) is 0 Å². The van der Waals surface area contributed by atoms with Gasteiger partial charge in [-0.15, -0.1) is 0 Å². The number of hydrogen-bond acceptors (Lipinski definition) is 3. The minimum atomic E-state index is -0.330. The summed E-state index contributed by atoms with van der Waals surface area (Å²) < 4.78 is 11.6. The van der Waals surface area contributed by atoms with Crippen molar-refractivity contribution in [1.29, 1.82) is 0 Å².